The number of hydrogen-bond acceptors (Lipinski definition) is 5. The molecule has 1 aliphatic heterocycles. The van der Waals surface area contributed by atoms with Crippen LogP contribution in [0.4, 0.5) is 0 Å². The van der Waals surface area contributed by atoms with Gasteiger partial charge in [-0.15, -0.1) is 0 Å². The van der Waals surface area contributed by atoms with Crippen LogP contribution in [0, 0.1) is 0 Å². The molecule has 0 saturated carbocycles. The first-order valence-electron chi connectivity index (χ1n) is 6.61. The van der Waals surface area contributed by atoms with Crippen LogP contribution in [0.25, 0.3) is 0 Å². The molecule has 0 aromatic heterocycles. The molecule has 0 fully saturated rings. The van der Waals surface area contributed by atoms with Crippen molar-refractivity contribution in [2.24, 2.45) is 0 Å². The summed E-state index contributed by atoms with van der Waals surface area (Å²) in [5, 5.41) is 20.0. The molecule has 1 aliphatic rings. The number of ether oxygens (including phenoxy) is 2. The third-order valence-electron chi connectivity index (χ3n) is 3.13. The lowest BCUT2D eigenvalue weighted by Crippen LogP contribution is -2.41. The summed E-state index contributed by atoms with van der Waals surface area (Å²) in [5.74, 6) is -0.192. The fraction of sp³-hybridized carbons (Fsp3) is 0.429. The molecule has 21 heavy (non-hydrogen) atoms. The average molecular weight is 295 g/mol. The highest BCUT2D eigenvalue weighted by molar-refractivity contribution is 5.83. The molecule has 1 aromatic carbocycles. The molecule has 1 aromatic rings. The van der Waals surface area contributed by atoms with E-state index in [1.54, 1.807) is 12.1 Å². The van der Waals surface area contributed by atoms with E-state index in [1.165, 1.54) is 0 Å². The number of carbonyl (C=O) groups excluding carboxylic acids is 1. The lowest BCUT2D eigenvalue weighted by atomic mass is 10.1. The minimum Gasteiger partial charge on any atom is -0.480 e. The van der Waals surface area contributed by atoms with Crippen molar-refractivity contribution in [3.8, 4) is 11.5 Å². The van der Waals surface area contributed by atoms with Gasteiger partial charge in [0.2, 0.25) is 12.7 Å². The summed E-state index contributed by atoms with van der Waals surface area (Å²) in [6.07, 6.45) is 0.619. The predicted octanol–water partition coefficient (Wildman–Crippen LogP) is 0.300. The monoisotopic (exact) mass is 295 g/mol. The molecular weight excluding hydrogens is 278 g/mol. The number of aliphatic hydroxyl groups excluding tert-OH is 1. The molecule has 0 radical (unpaired) electrons. The van der Waals surface area contributed by atoms with Gasteiger partial charge in [-0.25, -0.2) is 4.79 Å². The van der Waals surface area contributed by atoms with Crippen LogP contribution < -0.4 is 14.8 Å². The van der Waals surface area contributed by atoms with Gasteiger partial charge in [0.1, 0.15) is 6.04 Å². The third kappa shape index (κ3) is 4.09. The number of carboxylic acid groups (broad SMARTS) is 1. The van der Waals surface area contributed by atoms with Gasteiger partial charge in [-0.05, 0) is 24.1 Å². The summed E-state index contributed by atoms with van der Waals surface area (Å²) in [5.41, 5.74) is 0.906. The van der Waals surface area contributed by atoms with Gasteiger partial charge in [-0.1, -0.05) is 6.07 Å². The second-order valence-electron chi connectivity index (χ2n) is 4.66. The normalized spacial score (nSPS) is 13.8. The summed E-state index contributed by atoms with van der Waals surface area (Å²) in [7, 11) is 0. The first-order valence-corrected chi connectivity index (χ1v) is 6.61. The van der Waals surface area contributed by atoms with E-state index in [4.69, 9.17) is 19.7 Å². The second-order valence-corrected chi connectivity index (χ2v) is 4.66. The Labute approximate surface area is 121 Å². The maximum atomic E-state index is 11.7. The fourth-order valence-electron chi connectivity index (χ4n) is 2.01. The largest absolute Gasteiger partial charge is 0.480 e. The molecule has 0 spiro atoms. The standard InChI is InChI=1S/C14H17NO6/c16-6-5-10(14(18)19)15-13(17)4-2-9-1-3-11-12(7-9)21-8-20-11/h1,3,7,10,16H,2,4-6,8H2,(H,15,17)(H,18,19)/t10-/m1/s1. The number of fused-ring (bicyclic) bond motifs is 1. The maximum absolute atomic E-state index is 11.7. The molecule has 1 amide bonds. The van der Waals surface area contributed by atoms with Crippen molar-refractivity contribution >= 4 is 11.9 Å². The van der Waals surface area contributed by atoms with Crippen LogP contribution in [-0.2, 0) is 16.0 Å². The first kappa shape index (κ1) is 15.1. The first-order chi connectivity index (χ1) is 10.1. The number of carbonyl (C=O) groups is 2. The molecule has 2 rings (SSSR count). The Morgan fingerprint density at radius 3 is 2.76 bits per heavy atom. The van der Waals surface area contributed by atoms with Crippen LogP contribution in [0.5, 0.6) is 11.5 Å². The fourth-order valence-corrected chi connectivity index (χ4v) is 2.01. The van der Waals surface area contributed by atoms with E-state index >= 15 is 0 Å². The number of aliphatic carboxylic acids is 1. The number of hydrogen-bond donors (Lipinski definition) is 3. The van der Waals surface area contributed by atoms with Gasteiger partial charge >= 0.3 is 5.97 Å². The average Bonchev–Trinajstić information content (AvgIpc) is 2.92. The highest BCUT2D eigenvalue weighted by Crippen LogP contribution is 2.32. The van der Waals surface area contributed by atoms with Gasteiger partial charge in [-0.2, -0.15) is 0 Å². The summed E-state index contributed by atoms with van der Waals surface area (Å²) >= 11 is 0. The Morgan fingerprint density at radius 1 is 1.29 bits per heavy atom. The molecule has 7 heteroatoms. The number of amides is 1. The predicted molar refractivity (Wildman–Crippen MR) is 72.2 cm³/mol. The Hall–Kier alpha value is -2.28. The van der Waals surface area contributed by atoms with E-state index in [0.29, 0.717) is 17.9 Å². The molecule has 0 bridgehead atoms. The minimum atomic E-state index is -1.15. The summed E-state index contributed by atoms with van der Waals surface area (Å²) in [6, 6.07) is 4.36. The zero-order valence-electron chi connectivity index (χ0n) is 11.4. The van der Waals surface area contributed by atoms with Crippen LogP contribution >= 0.6 is 0 Å². The third-order valence-corrected chi connectivity index (χ3v) is 3.13. The molecule has 0 saturated heterocycles. The zero-order valence-corrected chi connectivity index (χ0v) is 11.4. The molecule has 1 atom stereocenters. The second kappa shape index (κ2) is 6.94. The quantitative estimate of drug-likeness (QED) is 0.668. The van der Waals surface area contributed by atoms with Crippen LogP contribution in [0.1, 0.15) is 18.4 Å². The summed E-state index contributed by atoms with van der Waals surface area (Å²) < 4.78 is 10.4. The van der Waals surface area contributed by atoms with Crippen LogP contribution in [0.2, 0.25) is 0 Å². The van der Waals surface area contributed by atoms with Crippen LogP contribution in [0.3, 0.4) is 0 Å². The van der Waals surface area contributed by atoms with Gasteiger partial charge in [0.15, 0.2) is 11.5 Å². The van der Waals surface area contributed by atoms with Crippen molar-refractivity contribution in [3.63, 3.8) is 0 Å². The van der Waals surface area contributed by atoms with Crippen LogP contribution in [-0.4, -0.2) is 41.5 Å². The van der Waals surface area contributed by atoms with Gasteiger partial charge in [0.25, 0.3) is 0 Å². The molecule has 0 aliphatic carbocycles. The Kier molecular flexibility index (Phi) is 4.99. The molecule has 7 nitrogen and oxygen atoms in total. The van der Waals surface area contributed by atoms with Crippen LogP contribution in [0.15, 0.2) is 18.2 Å². The molecule has 114 valence electrons. The highest BCUT2D eigenvalue weighted by Gasteiger charge is 2.19. The van der Waals surface area contributed by atoms with Crippen molar-refractivity contribution in [3.05, 3.63) is 23.8 Å². The highest BCUT2D eigenvalue weighted by atomic mass is 16.7. The Balaban J connectivity index is 1.84. The SMILES string of the molecule is O=C(CCc1ccc2c(c1)OCO2)N[C@H](CCO)C(=O)O. The molecular formula is C14H17NO6. The number of aryl methyl sites for hydroxylation is 1. The van der Waals surface area contributed by atoms with Gasteiger partial charge in [0, 0.05) is 19.4 Å². The number of rotatable bonds is 7. The Bertz CT molecular complexity index is 530. The molecule has 0 unspecified atom stereocenters. The van der Waals surface area contributed by atoms with E-state index in [0.717, 1.165) is 5.56 Å². The van der Waals surface area contributed by atoms with E-state index < -0.39 is 12.0 Å². The number of aliphatic hydroxyl groups is 1. The Morgan fingerprint density at radius 2 is 2.05 bits per heavy atom. The topological polar surface area (TPSA) is 105 Å². The van der Waals surface area contributed by atoms with Gasteiger partial charge in [0.05, 0.1) is 0 Å². The number of benzene rings is 1. The summed E-state index contributed by atoms with van der Waals surface area (Å²) in [6.45, 7) is -0.0971. The van der Waals surface area contributed by atoms with E-state index in [2.05, 4.69) is 5.32 Å². The van der Waals surface area contributed by atoms with E-state index in [9.17, 15) is 9.59 Å². The van der Waals surface area contributed by atoms with Crippen molar-refractivity contribution in [1.82, 2.24) is 5.32 Å². The minimum absolute atomic E-state index is 0.00883. The maximum Gasteiger partial charge on any atom is 0.326 e. The van der Waals surface area contributed by atoms with Crippen molar-refractivity contribution in [2.75, 3.05) is 13.4 Å². The summed E-state index contributed by atoms with van der Waals surface area (Å²) in [4.78, 5) is 22.6. The van der Waals surface area contributed by atoms with Crippen molar-refractivity contribution in [1.29, 1.82) is 0 Å². The number of carboxylic acids is 1. The van der Waals surface area contributed by atoms with Crippen molar-refractivity contribution < 1.29 is 29.3 Å². The number of nitrogens with one attached hydrogen (secondary N) is 1. The van der Waals surface area contributed by atoms with E-state index in [-0.39, 0.29) is 32.1 Å². The lowest BCUT2D eigenvalue weighted by Gasteiger charge is -2.13. The smallest absolute Gasteiger partial charge is 0.326 e. The lowest BCUT2D eigenvalue weighted by molar-refractivity contribution is -0.142. The van der Waals surface area contributed by atoms with Crippen molar-refractivity contribution in [2.45, 2.75) is 25.3 Å². The van der Waals surface area contributed by atoms with Gasteiger partial charge < -0.3 is 25.0 Å². The van der Waals surface area contributed by atoms with E-state index in [1.807, 2.05) is 6.07 Å². The molecule has 1 heterocycles. The van der Waals surface area contributed by atoms with Gasteiger partial charge in [-0.3, -0.25) is 4.79 Å². The zero-order chi connectivity index (χ0) is 15.2. The molecule has 3 N–H and O–H groups in total.